The standard InChI is InChI=1S/C37H53BrO8Si/c1-35(2,3)47(31-14-10-8-11-15-31,32-16-12-9-13-17-32)46-28(22-34(41)42-6)20-27-21-33(40)36(4,5)37(43-7,45-27)23-29-18-26(24-38)19-30(25-39)44-29/h8-17,24,27-30,33,39-40H,18-23,25H2,1-7H3/b26-24-/t27-,28-,29+,30-,33+,37+/m1/s1. The normalized spacial score (nSPS) is 28.2. The minimum Gasteiger partial charge on any atom is -0.469 e. The van der Waals surface area contributed by atoms with Crippen LogP contribution >= 0.6 is 15.9 Å². The molecule has 0 bridgehead atoms. The number of ether oxygens (including phenoxy) is 4. The Balaban J connectivity index is 1.72. The summed E-state index contributed by atoms with van der Waals surface area (Å²) in [6.07, 6.45) is -0.104. The van der Waals surface area contributed by atoms with Gasteiger partial charge >= 0.3 is 5.97 Å². The molecular formula is C37H53BrO8Si. The molecule has 2 saturated heterocycles. The lowest BCUT2D eigenvalue weighted by molar-refractivity contribution is -0.358. The minimum absolute atomic E-state index is 0.0314. The first-order valence-corrected chi connectivity index (χ1v) is 19.4. The Morgan fingerprint density at radius 2 is 1.60 bits per heavy atom. The fraction of sp³-hybridized carbons (Fsp3) is 0.595. The third kappa shape index (κ3) is 8.12. The van der Waals surface area contributed by atoms with E-state index in [1.165, 1.54) is 7.11 Å². The number of benzene rings is 2. The molecule has 2 fully saturated rings. The van der Waals surface area contributed by atoms with Gasteiger partial charge in [-0.05, 0) is 39.7 Å². The van der Waals surface area contributed by atoms with Crippen molar-refractivity contribution in [3.8, 4) is 0 Å². The molecule has 0 aliphatic carbocycles. The van der Waals surface area contributed by atoms with Crippen LogP contribution in [-0.2, 0) is 28.2 Å². The van der Waals surface area contributed by atoms with Gasteiger partial charge in [0.2, 0.25) is 0 Å². The molecule has 2 aromatic rings. The Morgan fingerprint density at radius 1 is 1.02 bits per heavy atom. The lowest BCUT2D eigenvalue weighted by Gasteiger charge is -2.55. The largest absolute Gasteiger partial charge is 0.469 e. The maximum absolute atomic E-state index is 13.0. The van der Waals surface area contributed by atoms with Crippen LogP contribution in [0.15, 0.2) is 71.2 Å². The number of esters is 1. The molecule has 0 radical (unpaired) electrons. The van der Waals surface area contributed by atoms with Crippen molar-refractivity contribution < 1.29 is 38.4 Å². The molecule has 10 heteroatoms. The summed E-state index contributed by atoms with van der Waals surface area (Å²) in [7, 11) is -0.0400. The van der Waals surface area contributed by atoms with E-state index in [4.69, 9.17) is 23.4 Å². The van der Waals surface area contributed by atoms with Crippen molar-refractivity contribution in [2.75, 3.05) is 20.8 Å². The molecule has 2 aliphatic heterocycles. The molecule has 6 atom stereocenters. The zero-order valence-corrected chi connectivity index (χ0v) is 31.5. The van der Waals surface area contributed by atoms with E-state index >= 15 is 0 Å². The van der Waals surface area contributed by atoms with Gasteiger partial charge in [0.05, 0.1) is 50.7 Å². The summed E-state index contributed by atoms with van der Waals surface area (Å²) < 4.78 is 32.0. The van der Waals surface area contributed by atoms with Crippen molar-refractivity contribution in [2.45, 2.75) is 114 Å². The summed E-state index contributed by atoms with van der Waals surface area (Å²) >= 11 is 3.47. The first-order valence-electron chi connectivity index (χ1n) is 16.6. The number of hydrogen-bond acceptors (Lipinski definition) is 8. The molecule has 2 heterocycles. The number of aliphatic hydroxyl groups excluding tert-OH is 2. The van der Waals surface area contributed by atoms with Crippen LogP contribution < -0.4 is 10.4 Å². The van der Waals surface area contributed by atoms with Gasteiger partial charge in [0.1, 0.15) is 0 Å². The smallest absolute Gasteiger partial charge is 0.308 e. The Kier molecular flexibility index (Phi) is 12.7. The van der Waals surface area contributed by atoms with Gasteiger partial charge in [0.25, 0.3) is 8.32 Å². The van der Waals surface area contributed by atoms with Gasteiger partial charge in [0, 0.05) is 25.4 Å². The van der Waals surface area contributed by atoms with Crippen LogP contribution in [0.2, 0.25) is 5.04 Å². The number of methoxy groups -OCH3 is 2. The molecule has 0 spiro atoms. The lowest BCUT2D eigenvalue weighted by atomic mass is 9.70. The third-order valence-corrected chi connectivity index (χ3v) is 15.9. The van der Waals surface area contributed by atoms with E-state index in [1.807, 2.05) is 55.2 Å². The van der Waals surface area contributed by atoms with E-state index in [1.54, 1.807) is 7.11 Å². The van der Waals surface area contributed by atoms with Crippen molar-refractivity contribution in [1.29, 1.82) is 0 Å². The molecule has 0 amide bonds. The van der Waals surface area contributed by atoms with E-state index in [9.17, 15) is 15.0 Å². The van der Waals surface area contributed by atoms with E-state index in [0.717, 1.165) is 15.9 Å². The van der Waals surface area contributed by atoms with Crippen LogP contribution in [0.3, 0.4) is 0 Å². The average Bonchev–Trinajstić information content (AvgIpc) is 3.05. The van der Waals surface area contributed by atoms with Gasteiger partial charge in [-0.1, -0.05) is 117 Å². The third-order valence-electron chi connectivity index (χ3n) is 10.1. The summed E-state index contributed by atoms with van der Waals surface area (Å²) in [5, 5.41) is 23.5. The predicted molar refractivity (Wildman–Crippen MR) is 189 cm³/mol. The molecular weight excluding hydrogens is 680 g/mol. The number of carbonyl (C=O) groups excluding carboxylic acids is 1. The average molecular weight is 734 g/mol. The predicted octanol–water partition coefficient (Wildman–Crippen LogP) is 5.61. The van der Waals surface area contributed by atoms with Gasteiger partial charge in [-0.2, -0.15) is 0 Å². The fourth-order valence-corrected chi connectivity index (χ4v) is 12.5. The van der Waals surface area contributed by atoms with Crippen LogP contribution in [0.1, 0.15) is 73.1 Å². The second kappa shape index (κ2) is 15.8. The highest BCUT2D eigenvalue weighted by Crippen LogP contribution is 2.50. The molecule has 47 heavy (non-hydrogen) atoms. The molecule has 8 nitrogen and oxygen atoms in total. The maximum atomic E-state index is 13.0. The molecule has 0 saturated carbocycles. The van der Waals surface area contributed by atoms with Crippen LogP contribution in [0.5, 0.6) is 0 Å². The molecule has 4 rings (SSSR count). The first kappa shape index (κ1) is 37.9. The molecule has 2 aliphatic rings. The first-order chi connectivity index (χ1) is 22.2. The summed E-state index contributed by atoms with van der Waals surface area (Å²) in [4.78, 5) is 14.9. The Bertz CT molecular complexity index is 1290. The van der Waals surface area contributed by atoms with Crippen molar-refractivity contribution in [3.05, 3.63) is 71.2 Å². The zero-order chi connectivity index (χ0) is 34.5. The molecule has 2 aromatic carbocycles. The second-order valence-corrected chi connectivity index (χ2v) is 19.2. The Labute approximate surface area is 290 Å². The number of aliphatic hydroxyl groups is 2. The van der Waals surface area contributed by atoms with Gasteiger partial charge in [-0.3, -0.25) is 4.79 Å². The summed E-state index contributed by atoms with van der Waals surface area (Å²) in [6.45, 7) is 10.4. The summed E-state index contributed by atoms with van der Waals surface area (Å²) in [6, 6.07) is 20.6. The Morgan fingerprint density at radius 3 is 2.09 bits per heavy atom. The topological polar surface area (TPSA) is 104 Å². The van der Waals surface area contributed by atoms with Crippen LogP contribution in [0.4, 0.5) is 0 Å². The van der Waals surface area contributed by atoms with Crippen molar-refractivity contribution in [2.24, 2.45) is 5.41 Å². The highest BCUT2D eigenvalue weighted by molar-refractivity contribution is 9.11. The number of carbonyl (C=O) groups is 1. The van der Waals surface area contributed by atoms with E-state index in [0.29, 0.717) is 32.1 Å². The van der Waals surface area contributed by atoms with E-state index in [2.05, 4.69) is 61.0 Å². The molecule has 0 unspecified atom stereocenters. The SMILES string of the molecule is COC(=O)C[C@@H](C[C@@H]1C[C@H](O)C(C)(C)[C@@](C[C@@H]2C/C(=C/Br)C[C@H](CO)O2)(OC)O1)O[Si](c1ccccc1)(c1ccccc1)C(C)(C)C. The van der Waals surface area contributed by atoms with Gasteiger partial charge in [0.15, 0.2) is 5.79 Å². The van der Waals surface area contributed by atoms with E-state index in [-0.39, 0.29) is 36.2 Å². The summed E-state index contributed by atoms with van der Waals surface area (Å²) in [5.74, 6) is -1.58. The minimum atomic E-state index is -3.04. The number of halogens is 1. The van der Waals surface area contributed by atoms with E-state index < -0.39 is 37.8 Å². The van der Waals surface area contributed by atoms with Crippen LogP contribution in [-0.4, -0.2) is 81.6 Å². The highest BCUT2D eigenvalue weighted by Gasteiger charge is 2.58. The maximum Gasteiger partial charge on any atom is 0.308 e. The van der Waals surface area contributed by atoms with Crippen molar-refractivity contribution in [1.82, 2.24) is 0 Å². The highest BCUT2D eigenvalue weighted by atomic mass is 79.9. The van der Waals surface area contributed by atoms with Crippen molar-refractivity contribution in [3.63, 3.8) is 0 Å². The molecule has 0 aromatic heterocycles. The summed E-state index contributed by atoms with van der Waals surface area (Å²) in [5.41, 5.74) is 0.344. The van der Waals surface area contributed by atoms with Gasteiger partial charge in [-0.25, -0.2) is 0 Å². The monoisotopic (exact) mass is 732 g/mol. The second-order valence-electron chi connectivity index (χ2n) is 14.5. The zero-order valence-electron chi connectivity index (χ0n) is 28.9. The van der Waals surface area contributed by atoms with Gasteiger partial charge < -0.3 is 33.6 Å². The van der Waals surface area contributed by atoms with Crippen LogP contribution in [0, 0.1) is 5.41 Å². The molecule has 260 valence electrons. The Hall–Kier alpha value is -1.89. The lowest BCUT2D eigenvalue weighted by Crippen LogP contribution is -2.68. The quantitative estimate of drug-likeness (QED) is 0.215. The number of rotatable bonds is 12. The van der Waals surface area contributed by atoms with Gasteiger partial charge in [-0.15, -0.1) is 0 Å². The fourth-order valence-electron chi connectivity index (χ4n) is 7.45. The van der Waals surface area contributed by atoms with Crippen LogP contribution in [0.25, 0.3) is 0 Å². The number of hydrogen-bond donors (Lipinski definition) is 2. The molecule has 2 N–H and O–H groups in total. The van der Waals surface area contributed by atoms with Crippen molar-refractivity contribution >= 4 is 40.6 Å².